The Morgan fingerprint density at radius 2 is 1.09 bits per heavy atom. The Morgan fingerprint density at radius 1 is 0.609 bits per heavy atom. The first-order valence-electron chi connectivity index (χ1n) is 7.99. The summed E-state index contributed by atoms with van der Waals surface area (Å²) in [6.45, 7) is 0. The van der Waals surface area contributed by atoms with Crippen molar-refractivity contribution in [1.29, 1.82) is 0 Å². The summed E-state index contributed by atoms with van der Waals surface area (Å²) in [5.74, 6) is 0. The van der Waals surface area contributed by atoms with Gasteiger partial charge < -0.3 is 0 Å². The van der Waals surface area contributed by atoms with Crippen LogP contribution in [-0.4, -0.2) is 29.6 Å². The molecule has 0 amide bonds. The number of hydrogen-bond donors (Lipinski definition) is 0. The molecule has 2 heteroatoms. The van der Waals surface area contributed by atoms with Crippen LogP contribution in [0.4, 0.5) is 0 Å². The zero-order valence-corrected chi connectivity index (χ0v) is 16.7. The van der Waals surface area contributed by atoms with Gasteiger partial charge in [-0.3, -0.25) is 0 Å². The zero-order valence-electron chi connectivity index (χ0n) is 13.1. The van der Waals surface area contributed by atoms with Crippen molar-refractivity contribution in [2.75, 3.05) is 0 Å². The fourth-order valence-electron chi connectivity index (χ4n) is 2.55. The normalized spacial score (nSPS) is 10.8. The van der Waals surface area contributed by atoms with Crippen LogP contribution in [0, 0.1) is 0 Å². The van der Waals surface area contributed by atoms with Crippen molar-refractivity contribution in [2.24, 2.45) is 0 Å². The van der Waals surface area contributed by atoms with Gasteiger partial charge in [-0.15, -0.1) is 0 Å². The maximum atomic E-state index is 2.33. The predicted octanol–water partition coefficient (Wildman–Crippen LogP) is 3.13. The fraction of sp³-hybridized carbons (Fsp3) is 0.143. The van der Waals surface area contributed by atoms with Crippen LogP contribution < -0.4 is 13.2 Å². The second kappa shape index (κ2) is 9.14. The number of benzene rings is 3. The third-order valence-corrected chi connectivity index (χ3v) is 11.4. The van der Waals surface area contributed by atoms with Crippen LogP contribution in [0.3, 0.4) is 0 Å². The Bertz CT molecular complexity index is 643. The maximum absolute atomic E-state index is 2.33. The van der Waals surface area contributed by atoms with Crippen LogP contribution in [0.15, 0.2) is 91.0 Å². The molecular formula is C21H21AsSe. The average Bonchev–Trinajstić information content (AvgIpc) is 2.64. The van der Waals surface area contributed by atoms with E-state index in [-0.39, 0.29) is 0 Å². The van der Waals surface area contributed by atoms with Crippen molar-refractivity contribution >= 4 is 42.8 Å². The summed E-state index contributed by atoms with van der Waals surface area (Å²) in [5.41, 5.74) is 0. The molecule has 0 heterocycles. The van der Waals surface area contributed by atoms with Crippen LogP contribution in [0.1, 0.15) is 6.42 Å². The van der Waals surface area contributed by atoms with E-state index in [1.807, 2.05) is 0 Å². The minimum atomic E-state index is -1.15. The Kier molecular flexibility index (Phi) is 6.59. The molecule has 3 aromatic carbocycles. The van der Waals surface area contributed by atoms with E-state index in [2.05, 4.69) is 91.0 Å². The molecule has 3 aromatic rings. The molecule has 0 radical (unpaired) electrons. The van der Waals surface area contributed by atoms with E-state index in [9.17, 15) is 0 Å². The van der Waals surface area contributed by atoms with Gasteiger partial charge in [0.1, 0.15) is 0 Å². The fourth-order valence-corrected chi connectivity index (χ4v) is 10.4. The van der Waals surface area contributed by atoms with E-state index >= 15 is 0 Å². The molecule has 0 nitrogen and oxygen atoms in total. The molecule has 0 N–H and O–H groups in total. The van der Waals surface area contributed by atoms with Crippen LogP contribution in [0.2, 0.25) is 10.5 Å². The number of rotatable bonds is 7. The Hall–Kier alpha value is -1.26. The second-order valence-corrected chi connectivity index (χ2v) is 12.7. The van der Waals surface area contributed by atoms with E-state index in [0.29, 0.717) is 15.0 Å². The van der Waals surface area contributed by atoms with Gasteiger partial charge in [0.25, 0.3) is 0 Å². The van der Waals surface area contributed by atoms with Gasteiger partial charge in [-0.2, -0.15) is 0 Å². The molecule has 116 valence electrons. The van der Waals surface area contributed by atoms with E-state index < -0.39 is 14.7 Å². The summed E-state index contributed by atoms with van der Waals surface area (Å²) in [6.07, 6.45) is 1.35. The van der Waals surface area contributed by atoms with Crippen LogP contribution in [-0.2, 0) is 0 Å². The molecule has 0 fully saturated rings. The molecule has 0 saturated heterocycles. The summed E-state index contributed by atoms with van der Waals surface area (Å²) in [4.78, 5) is 0. The molecule has 0 aliphatic rings. The van der Waals surface area contributed by atoms with E-state index in [0.717, 1.165) is 0 Å². The van der Waals surface area contributed by atoms with Crippen LogP contribution >= 0.6 is 0 Å². The summed E-state index contributed by atoms with van der Waals surface area (Å²) in [7, 11) is 0. The van der Waals surface area contributed by atoms with Gasteiger partial charge in [-0.25, -0.2) is 0 Å². The van der Waals surface area contributed by atoms with Crippen molar-refractivity contribution in [3.05, 3.63) is 91.0 Å². The van der Waals surface area contributed by atoms with Gasteiger partial charge in [0, 0.05) is 0 Å². The second-order valence-electron chi connectivity index (χ2n) is 5.34. The molecule has 0 unspecified atom stereocenters. The van der Waals surface area contributed by atoms with Crippen molar-refractivity contribution in [1.82, 2.24) is 0 Å². The van der Waals surface area contributed by atoms with Crippen molar-refractivity contribution in [3.63, 3.8) is 0 Å². The molecule has 0 atom stereocenters. The first kappa shape index (κ1) is 16.6. The molecule has 0 aliphatic heterocycles. The van der Waals surface area contributed by atoms with Gasteiger partial charge in [-0.05, 0) is 0 Å². The molecule has 0 spiro atoms. The van der Waals surface area contributed by atoms with E-state index in [1.165, 1.54) is 21.4 Å². The molecule has 3 rings (SSSR count). The molecule has 0 bridgehead atoms. The van der Waals surface area contributed by atoms with Gasteiger partial charge in [0.2, 0.25) is 0 Å². The van der Waals surface area contributed by atoms with Crippen LogP contribution in [0.5, 0.6) is 0 Å². The summed E-state index contributed by atoms with van der Waals surface area (Å²) >= 11 is -0.525. The Morgan fingerprint density at radius 3 is 1.61 bits per heavy atom. The predicted molar refractivity (Wildman–Crippen MR) is 104 cm³/mol. The van der Waals surface area contributed by atoms with Crippen LogP contribution in [0.25, 0.3) is 0 Å². The summed E-state index contributed by atoms with van der Waals surface area (Å²) < 4.78 is 4.69. The first-order valence-corrected chi connectivity index (χ1v) is 13.3. The van der Waals surface area contributed by atoms with Gasteiger partial charge in [0.05, 0.1) is 0 Å². The van der Waals surface area contributed by atoms with Gasteiger partial charge >= 0.3 is 151 Å². The molecular weight excluding hydrogens is 406 g/mol. The molecule has 0 aromatic heterocycles. The monoisotopic (exact) mass is 428 g/mol. The van der Waals surface area contributed by atoms with Crippen molar-refractivity contribution < 1.29 is 0 Å². The Balaban J connectivity index is 1.63. The topological polar surface area (TPSA) is 0 Å². The molecule has 0 aliphatic carbocycles. The molecule has 0 saturated carbocycles. The van der Waals surface area contributed by atoms with Gasteiger partial charge in [-0.1, -0.05) is 0 Å². The van der Waals surface area contributed by atoms with E-state index in [4.69, 9.17) is 0 Å². The zero-order chi connectivity index (χ0) is 15.7. The first-order chi connectivity index (χ1) is 11.4. The summed E-state index contributed by atoms with van der Waals surface area (Å²) in [6, 6.07) is 33.3. The SMILES string of the molecule is c1ccc([Se]CCC[As](c2ccccc2)c2ccccc2)cc1. The van der Waals surface area contributed by atoms with Crippen molar-refractivity contribution in [3.8, 4) is 0 Å². The quantitative estimate of drug-likeness (QED) is 0.402. The average molecular weight is 427 g/mol. The molecule has 23 heavy (non-hydrogen) atoms. The van der Waals surface area contributed by atoms with Gasteiger partial charge in [0.15, 0.2) is 0 Å². The third-order valence-electron chi connectivity index (χ3n) is 3.67. The van der Waals surface area contributed by atoms with Crippen molar-refractivity contribution in [2.45, 2.75) is 16.9 Å². The Labute approximate surface area is 150 Å². The standard InChI is InChI=1S/C21H21AsSe/c1-4-11-19(12-5-1)22(20-13-6-2-7-14-20)17-10-18-23-21-15-8-3-9-16-21/h1-9,11-16H,10,17-18H2. The van der Waals surface area contributed by atoms with E-state index in [1.54, 1.807) is 8.70 Å². The third kappa shape index (κ3) is 5.11. The minimum absolute atomic E-state index is 0.620. The number of hydrogen-bond acceptors (Lipinski definition) is 0. The summed E-state index contributed by atoms with van der Waals surface area (Å²) in [5, 5.41) is 2.72.